The third-order valence-corrected chi connectivity index (χ3v) is 4.68. The fraction of sp³-hybridized carbons (Fsp3) is 0.318. The molecule has 0 atom stereocenters. The van der Waals surface area contributed by atoms with E-state index in [1.807, 2.05) is 20.8 Å². The van der Waals surface area contributed by atoms with Crippen LogP contribution in [0.4, 0.5) is 16.2 Å². The maximum Gasteiger partial charge on any atom is 0.319 e. The second-order valence-corrected chi connectivity index (χ2v) is 8.07. The van der Waals surface area contributed by atoms with Crippen LogP contribution in [-0.4, -0.2) is 41.9 Å². The van der Waals surface area contributed by atoms with Crippen LogP contribution in [0.15, 0.2) is 42.5 Å². The Morgan fingerprint density at radius 1 is 1.00 bits per heavy atom. The van der Waals surface area contributed by atoms with Gasteiger partial charge in [0.05, 0.1) is 10.7 Å². The van der Waals surface area contributed by atoms with Gasteiger partial charge in [0.2, 0.25) is 5.91 Å². The molecule has 4 amide bonds. The van der Waals surface area contributed by atoms with Gasteiger partial charge in [0.25, 0.3) is 5.91 Å². The summed E-state index contributed by atoms with van der Waals surface area (Å²) in [7, 11) is 0. The normalized spacial score (nSPS) is 10.5. The highest BCUT2D eigenvalue weighted by molar-refractivity contribution is 6.36. The third-order valence-electron chi connectivity index (χ3n) is 4.13. The standard InChI is InChI=1S/C22H26Cl2N4O3/c1-4-11-28(13-20(29)27-19-10-7-16(23)12-18(19)24)21(30)15-5-8-17(9-6-15)26-22(31)25-14(2)3/h5-10,12,14H,4,11,13H2,1-3H3,(H,27,29)(H2,25,26,31). The topological polar surface area (TPSA) is 90.5 Å². The van der Waals surface area contributed by atoms with Crippen LogP contribution < -0.4 is 16.0 Å². The van der Waals surface area contributed by atoms with Gasteiger partial charge in [-0.25, -0.2) is 4.79 Å². The first-order valence-corrected chi connectivity index (χ1v) is 10.7. The van der Waals surface area contributed by atoms with Crippen LogP contribution in [0.3, 0.4) is 0 Å². The second-order valence-electron chi connectivity index (χ2n) is 7.23. The summed E-state index contributed by atoms with van der Waals surface area (Å²) >= 11 is 12.0. The molecule has 7 nitrogen and oxygen atoms in total. The number of benzene rings is 2. The lowest BCUT2D eigenvalue weighted by Crippen LogP contribution is -2.38. The fourth-order valence-electron chi connectivity index (χ4n) is 2.78. The zero-order valence-corrected chi connectivity index (χ0v) is 19.2. The number of nitrogens with one attached hydrogen (secondary N) is 3. The second kappa shape index (κ2) is 11.6. The van der Waals surface area contributed by atoms with E-state index in [9.17, 15) is 14.4 Å². The van der Waals surface area contributed by atoms with Gasteiger partial charge in [-0.3, -0.25) is 9.59 Å². The Kier molecular flexibility index (Phi) is 9.15. The molecule has 0 unspecified atom stereocenters. The van der Waals surface area contributed by atoms with E-state index in [0.29, 0.717) is 39.9 Å². The van der Waals surface area contributed by atoms with E-state index in [1.165, 1.54) is 11.0 Å². The van der Waals surface area contributed by atoms with Crippen LogP contribution in [0.5, 0.6) is 0 Å². The predicted molar refractivity (Wildman–Crippen MR) is 125 cm³/mol. The summed E-state index contributed by atoms with van der Waals surface area (Å²) in [5.41, 5.74) is 1.41. The molecule has 0 saturated heterocycles. The zero-order chi connectivity index (χ0) is 23.0. The Morgan fingerprint density at radius 3 is 2.26 bits per heavy atom. The molecular weight excluding hydrogens is 439 g/mol. The van der Waals surface area contributed by atoms with Crippen molar-refractivity contribution in [3.05, 3.63) is 58.1 Å². The Balaban J connectivity index is 2.03. The lowest BCUT2D eigenvalue weighted by Gasteiger charge is -2.22. The summed E-state index contributed by atoms with van der Waals surface area (Å²) in [4.78, 5) is 38.7. The Hall–Kier alpha value is -2.77. The van der Waals surface area contributed by atoms with E-state index < -0.39 is 0 Å². The molecule has 2 aromatic rings. The smallest absolute Gasteiger partial charge is 0.319 e. The van der Waals surface area contributed by atoms with Crippen molar-refractivity contribution in [1.82, 2.24) is 10.2 Å². The Bertz CT molecular complexity index is 933. The Morgan fingerprint density at radius 2 is 1.68 bits per heavy atom. The summed E-state index contributed by atoms with van der Waals surface area (Å²) in [5.74, 6) is -0.646. The van der Waals surface area contributed by atoms with Crippen molar-refractivity contribution in [2.45, 2.75) is 33.2 Å². The molecule has 0 bridgehead atoms. The first-order valence-electron chi connectivity index (χ1n) is 9.91. The molecule has 0 fully saturated rings. The minimum atomic E-state index is -0.366. The number of rotatable bonds is 8. The number of amides is 4. The first-order chi connectivity index (χ1) is 14.7. The molecule has 0 spiro atoms. The molecule has 3 N–H and O–H groups in total. The van der Waals surface area contributed by atoms with Gasteiger partial charge in [0.15, 0.2) is 0 Å². The number of urea groups is 1. The van der Waals surface area contributed by atoms with Crippen molar-refractivity contribution in [2.24, 2.45) is 0 Å². The molecule has 0 aliphatic carbocycles. The van der Waals surface area contributed by atoms with Crippen molar-refractivity contribution >= 4 is 52.4 Å². The lowest BCUT2D eigenvalue weighted by atomic mass is 10.1. The minimum Gasteiger partial charge on any atom is -0.336 e. The summed E-state index contributed by atoms with van der Waals surface area (Å²) in [6.45, 7) is 5.94. The number of halogens is 2. The quantitative estimate of drug-likeness (QED) is 0.512. The van der Waals surface area contributed by atoms with Crippen LogP contribution in [0, 0.1) is 0 Å². The average Bonchev–Trinajstić information content (AvgIpc) is 2.69. The van der Waals surface area contributed by atoms with Crippen molar-refractivity contribution in [3.63, 3.8) is 0 Å². The van der Waals surface area contributed by atoms with E-state index in [4.69, 9.17) is 23.2 Å². The predicted octanol–water partition coefficient (Wildman–Crippen LogP) is 5.01. The van der Waals surface area contributed by atoms with Crippen molar-refractivity contribution in [2.75, 3.05) is 23.7 Å². The first kappa shape index (κ1) is 24.5. The highest BCUT2D eigenvalue weighted by Crippen LogP contribution is 2.25. The van der Waals surface area contributed by atoms with Crippen LogP contribution in [0.25, 0.3) is 0 Å². The summed E-state index contributed by atoms with van der Waals surface area (Å²) in [6.07, 6.45) is 0.690. The molecule has 166 valence electrons. The molecule has 2 rings (SSSR count). The van der Waals surface area contributed by atoms with E-state index >= 15 is 0 Å². The number of carbonyl (C=O) groups excluding carboxylic acids is 3. The van der Waals surface area contributed by atoms with Gasteiger partial charge in [-0.1, -0.05) is 30.1 Å². The summed E-state index contributed by atoms with van der Waals surface area (Å²) < 4.78 is 0. The average molecular weight is 465 g/mol. The molecule has 0 aliphatic heterocycles. The van der Waals surface area contributed by atoms with Crippen molar-refractivity contribution in [3.8, 4) is 0 Å². The third kappa shape index (κ3) is 7.77. The number of anilines is 2. The van der Waals surface area contributed by atoms with Crippen molar-refractivity contribution in [1.29, 1.82) is 0 Å². The number of hydrogen-bond donors (Lipinski definition) is 3. The highest BCUT2D eigenvalue weighted by Gasteiger charge is 2.19. The van der Waals surface area contributed by atoms with E-state index in [-0.39, 0.29) is 30.4 Å². The minimum absolute atomic E-state index is 0.0114. The molecule has 9 heteroatoms. The molecule has 0 heterocycles. The maximum atomic E-state index is 12.9. The lowest BCUT2D eigenvalue weighted by molar-refractivity contribution is -0.116. The molecule has 0 radical (unpaired) electrons. The Labute approximate surface area is 192 Å². The molecular formula is C22H26Cl2N4O3. The summed E-state index contributed by atoms with van der Waals surface area (Å²) in [5, 5.41) is 8.91. The highest BCUT2D eigenvalue weighted by atomic mass is 35.5. The zero-order valence-electron chi connectivity index (χ0n) is 17.7. The number of nitrogens with zero attached hydrogens (tertiary/aromatic N) is 1. The molecule has 0 aliphatic rings. The van der Waals surface area contributed by atoms with E-state index in [0.717, 1.165) is 0 Å². The molecule has 31 heavy (non-hydrogen) atoms. The molecule has 2 aromatic carbocycles. The van der Waals surface area contributed by atoms with Gasteiger partial charge in [-0.15, -0.1) is 0 Å². The number of hydrogen-bond acceptors (Lipinski definition) is 3. The van der Waals surface area contributed by atoms with Gasteiger partial charge in [-0.05, 0) is 62.7 Å². The van der Waals surface area contributed by atoms with Gasteiger partial charge in [0.1, 0.15) is 6.54 Å². The van der Waals surface area contributed by atoms with Gasteiger partial charge >= 0.3 is 6.03 Å². The van der Waals surface area contributed by atoms with Gasteiger partial charge in [-0.2, -0.15) is 0 Å². The van der Waals surface area contributed by atoms with Crippen LogP contribution in [0.2, 0.25) is 10.0 Å². The van der Waals surface area contributed by atoms with Crippen LogP contribution in [0.1, 0.15) is 37.6 Å². The van der Waals surface area contributed by atoms with Crippen molar-refractivity contribution < 1.29 is 14.4 Å². The van der Waals surface area contributed by atoms with E-state index in [1.54, 1.807) is 36.4 Å². The molecule has 0 aromatic heterocycles. The fourth-order valence-corrected chi connectivity index (χ4v) is 3.24. The van der Waals surface area contributed by atoms with Gasteiger partial charge in [0, 0.05) is 28.9 Å². The molecule has 0 saturated carbocycles. The number of carbonyl (C=O) groups is 3. The van der Waals surface area contributed by atoms with Crippen LogP contribution in [-0.2, 0) is 4.79 Å². The van der Waals surface area contributed by atoms with Crippen LogP contribution >= 0.6 is 23.2 Å². The monoisotopic (exact) mass is 464 g/mol. The SMILES string of the molecule is CCCN(CC(=O)Nc1ccc(Cl)cc1Cl)C(=O)c1ccc(NC(=O)NC(C)C)cc1. The summed E-state index contributed by atoms with van der Waals surface area (Å²) in [6, 6.07) is 11.0. The maximum absolute atomic E-state index is 12.9. The van der Waals surface area contributed by atoms with E-state index in [2.05, 4.69) is 16.0 Å². The van der Waals surface area contributed by atoms with Gasteiger partial charge < -0.3 is 20.9 Å². The largest absolute Gasteiger partial charge is 0.336 e.